The smallest absolute Gasteiger partial charge is 0.256 e. The zero-order valence-electron chi connectivity index (χ0n) is 16.2. The minimum atomic E-state index is -3.38. The molecule has 0 radical (unpaired) electrons. The summed E-state index contributed by atoms with van der Waals surface area (Å²) in [4.78, 5) is 26.4. The Bertz CT molecular complexity index is 1050. The fourth-order valence-electron chi connectivity index (χ4n) is 3.26. The molecule has 1 fully saturated rings. The second kappa shape index (κ2) is 8.78. The van der Waals surface area contributed by atoms with Crippen molar-refractivity contribution in [3.63, 3.8) is 0 Å². The number of carbonyl (C=O) groups excluding carboxylic acids is 2. The van der Waals surface area contributed by atoms with Crippen molar-refractivity contribution in [3.05, 3.63) is 59.7 Å². The summed E-state index contributed by atoms with van der Waals surface area (Å²) in [5.41, 5.74) is 0.711. The van der Waals surface area contributed by atoms with E-state index in [0.29, 0.717) is 30.3 Å². The lowest BCUT2D eigenvalue weighted by Gasteiger charge is -2.31. The monoisotopic (exact) mass is 437 g/mol. The summed E-state index contributed by atoms with van der Waals surface area (Å²) in [5.74, 6) is -2.71. The van der Waals surface area contributed by atoms with Crippen LogP contribution in [0.3, 0.4) is 0 Å². The molecule has 0 aliphatic carbocycles. The van der Waals surface area contributed by atoms with Gasteiger partial charge in [0.15, 0.2) is 0 Å². The molecule has 3 rings (SSSR count). The molecule has 2 N–H and O–H groups in total. The maximum atomic E-state index is 13.8. The summed E-state index contributed by atoms with van der Waals surface area (Å²) in [6, 6.07) is 9.07. The molecule has 1 aliphatic heterocycles. The van der Waals surface area contributed by atoms with Gasteiger partial charge in [-0.25, -0.2) is 17.2 Å². The topological polar surface area (TPSA) is 95.6 Å². The lowest BCUT2D eigenvalue weighted by atomic mass is 9.95. The van der Waals surface area contributed by atoms with Gasteiger partial charge in [-0.15, -0.1) is 0 Å². The van der Waals surface area contributed by atoms with Gasteiger partial charge in [0.2, 0.25) is 15.9 Å². The van der Waals surface area contributed by atoms with E-state index >= 15 is 0 Å². The van der Waals surface area contributed by atoms with Gasteiger partial charge < -0.3 is 10.2 Å². The highest BCUT2D eigenvalue weighted by Crippen LogP contribution is 2.23. The number of piperidine rings is 1. The van der Waals surface area contributed by atoms with E-state index in [-0.39, 0.29) is 30.5 Å². The zero-order valence-corrected chi connectivity index (χ0v) is 17.0. The largest absolute Gasteiger partial charge is 0.339 e. The Hall–Kier alpha value is -3.01. The fraction of sp³-hybridized carbons (Fsp3) is 0.300. The van der Waals surface area contributed by atoms with Crippen LogP contribution in [-0.2, 0) is 14.8 Å². The van der Waals surface area contributed by atoms with Crippen LogP contribution in [-0.4, -0.2) is 44.5 Å². The predicted octanol–water partition coefficient (Wildman–Crippen LogP) is 2.83. The number of carbonyl (C=O) groups is 2. The lowest BCUT2D eigenvalue weighted by Crippen LogP contribution is -2.41. The van der Waals surface area contributed by atoms with Gasteiger partial charge in [0.1, 0.15) is 11.6 Å². The Morgan fingerprint density at radius 1 is 1.00 bits per heavy atom. The van der Waals surface area contributed by atoms with Crippen LogP contribution in [0.25, 0.3) is 0 Å². The number of hydrogen-bond acceptors (Lipinski definition) is 4. The molecule has 1 saturated heterocycles. The Balaban J connectivity index is 1.54. The molecule has 7 nitrogen and oxygen atoms in total. The van der Waals surface area contributed by atoms with Gasteiger partial charge in [-0.1, -0.05) is 0 Å². The average molecular weight is 437 g/mol. The average Bonchev–Trinajstić information content (AvgIpc) is 2.68. The number of halogens is 2. The molecule has 0 saturated carbocycles. The first-order valence-electron chi connectivity index (χ1n) is 9.25. The normalized spacial score (nSPS) is 15.0. The van der Waals surface area contributed by atoms with Crippen molar-refractivity contribution in [2.45, 2.75) is 12.8 Å². The number of anilines is 2. The molecule has 0 unspecified atom stereocenters. The van der Waals surface area contributed by atoms with E-state index in [4.69, 9.17) is 0 Å². The van der Waals surface area contributed by atoms with Crippen LogP contribution in [0.2, 0.25) is 0 Å². The summed E-state index contributed by atoms with van der Waals surface area (Å²) in [5, 5.41) is 2.77. The van der Waals surface area contributed by atoms with Crippen LogP contribution < -0.4 is 10.0 Å². The number of benzene rings is 2. The van der Waals surface area contributed by atoms with Gasteiger partial charge >= 0.3 is 0 Å². The maximum absolute atomic E-state index is 13.8. The molecule has 0 atom stereocenters. The van der Waals surface area contributed by atoms with Crippen molar-refractivity contribution in [1.29, 1.82) is 0 Å². The van der Waals surface area contributed by atoms with Crippen molar-refractivity contribution in [3.8, 4) is 0 Å². The van der Waals surface area contributed by atoms with Crippen LogP contribution in [0.5, 0.6) is 0 Å². The molecule has 1 aliphatic rings. The van der Waals surface area contributed by atoms with Crippen LogP contribution in [0, 0.1) is 17.6 Å². The van der Waals surface area contributed by atoms with Gasteiger partial charge in [-0.05, 0) is 49.2 Å². The first kappa shape index (κ1) is 21.7. The van der Waals surface area contributed by atoms with E-state index in [1.165, 1.54) is 17.0 Å². The Morgan fingerprint density at radius 3 is 2.17 bits per heavy atom. The molecule has 30 heavy (non-hydrogen) atoms. The fourth-order valence-corrected chi connectivity index (χ4v) is 3.82. The second-order valence-electron chi connectivity index (χ2n) is 7.13. The van der Waals surface area contributed by atoms with Gasteiger partial charge in [0.25, 0.3) is 5.91 Å². The van der Waals surface area contributed by atoms with Crippen LogP contribution in [0.1, 0.15) is 23.2 Å². The first-order valence-corrected chi connectivity index (χ1v) is 11.1. The molecule has 2 amide bonds. The highest BCUT2D eigenvalue weighted by atomic mass is 32.2. The van der Waals surface area contributed by atoms with E-state index in [2.05, 4.69) is 10.0 Å². The third-order valence-corrected chi connectivity index (χ3v) is 5.38. The second-order valence-corrected chi connectivity index (χ2v) is 8.88. The van der Waals surface area contributed by atoms with E-state index < -0.39 is 27.6 Å². The van der Waals surface area contributed by atoms with Gasteiger partial charge in [-0.3, -0.25) is 14.3 Å². The van der Waals surface area contributed by atoms with E-state index in [0.717, 1.165) is 18.4 Å². The molecule has 1 heterocycles. The minimum absolute atomic E-state index is 0.193. The quantitative estimate of drug-likeness (QED) is 0.752. The van der Waals surface area contributed by atoms with E-state index in [1.807, 2.05) is 0 Å². The van der Waals surface area contributed by atoms with Crippen LogP contribution >= 0.6 is 0 Å². The molecule has 10 heteroatoms. The number of rotatable bonds is 5. The number of nitrogens with one attached hydrogen (secondary N) is 2. The summed E-state index contributed by atoms with van der Waals surface area (Å²) in [6.07, 6.45) is 1.87. The molecule has 0 spiro atoms. The number of sulfonamides is 1. The highest BCUT2D eigenvalue weighted by molar-refractivity contribution is 7.92. The Morgan fingerprint density at radius 2 is 1.60 bits per heavy atom. The van der Waals surface area contributed by atoms with Gasteiger partial charge in [-0.2, -0.15) is 0 Å². The maximum Gasteiger partial charge on any atom is 0.256 e. The molecule has 160 valence electrons. The molecule has 2 aromatic rings. The van der Waals surface area contributed by atoms with Crippen molar-refractivity contribution in [2.24, 2.45) is 5.92 Å². The number of amides is 2. The van der Waals surface area contributed by atoms with Crippen LogP contribution in [0.15, 0.2) is 42.5 Å². The number of likely N-dealkylation sites (tertiary alicyclic amines) is 1. The molecule has 2 aromatic carbocycles. The molecule has 0 bridgehead atoms. The SMILES string of the molecule is CS(=O)(=O)Nc1ccc(NC(=O)C2CCN(C(=O)c3ccc(F)cc3F)CC2)cc1. The van der Waals surface area contributed by atoms with Crippen molar-refractivity contribution in [1.82, 2.24) is 4.90 Å². The third kappa shape index (κ3) is 5.53. The minimum Gasteiger partial charge on any atom is -0.339 e. The van der Waals surface area contributed by atoms with Crippen molar-refractivity contribution >= 4 is 33.2 Å². The van der Waals surface area contributed by atoms with Crippen molar-refractivity contribution in [2.75, 3.05) is 29.4 Å². The molecule has 0 aromatic heterocycles. The summed E-state index contributed by atoms with van der Waals surface area (Å²) >= 11 is 0. The lowest BCUT2D eigenvalue weighted by molar-refractivity contribution is -0.121. The third-order valence-electron chi connectivity index (χ3n) is 4.77. The Labute approximate surface area is 173 Å². The van der Waals surface area contributed by atoms with Crippen LogP contribution in [0.4, 0.5) is 20.2 Å². The van der Waals surface area contributed by atoms with Gasteiger partial charge in [0.05, 0.1) is 11.8 Å². The molecular formula is C20H21F2N3O4S. The predicted molar refractivity (Wildman–Crippen MR) is 109 cm³/mol. The molecular weight excluding hydrogens is 416 g/mol. The number of nitrogens with zero attached hydrogens (tertiary/aromatic N) is 1. The van der Waals surface area contributed by atoms with E-state index in [9.17, 15) is 26.8 Å². The summed E-state index contributed by atoms with van der Waals surface area (Å²) in [7, 11) is -3.38. The number of hydrogen-bond donors (Lipinski definition) is 2. The standard InChI is InChI=1S/C20H21F2N3O4S/c1-30(28,29)24-16-5-3-15(4-6-16)23-19(26)13-8-10-25(11-9-13)20(27)17-7-2-14(21)12-18(17)22/h2-7,12-13,24H,8-11H2,1H3,(H,23,26). The summed E-state index contributed by atoms with van der Waals surface area (Å²) < 4.78 is 51.6. The first-order chi connectivity index (χ1) is 14.1. The van der Waals surface area contributed by atoms with E-state index in [1.54, 1.807) is 12.1 Å². The summed E-state index contributed by atoms with van der Waals surface area (Å²) in [6.45, 7) is 0.565. The Kier molecular flexibility index (Phi) is 6.35. The zero-order chi connectivity index (χ0) is 21.9. The van der Waals surface area contributed by atoms with Crippen molar-refractivity contribution < 1.29 is 26.8 Å². The highest BCUT2D eigenvalue weighted by Gasteiger charge is 2.29. The van der Waals surface area contributed by atoms with Gasteiger partial charge in [0, 0.05) is 36.4 Å².